The molecule has 0 spiro atoms. The molecule has 1 fully saturated rings. The van der Waals surface area contributed by atoms with Crippen LogP contribution in [0.1, 0.15) is 284 Å². The van der Waals surface area contributed by atoms with E-state index >= 15 is 0 Å². The Morgan fingerprint density at radius 2 is 0.900 bits per heavy atom. The lowest BCUT2D eigenvalue weighted by atomic mass is 9.99. The molecule has 0 saturated carbocycles. The van der Waals surface area contributed by atoms with Crippen LogP contribution in [0.5, 0.6) is 0 Å². The zero-order chi connectivity index (χ0) is 51.0. The van der Waals surface area contributed by atoms with Crippen LogP contribution in [0.25, 0.3) is 0 Å². The van der Waals surface area contributed by atoms with Gasteiger partial charge in [-0.05, 0) is 38.5 Å². The Balaban J connectivity index is 2.27. The SMILES string of the molecule is CCCCCCCC/C=C\CCCCCCCCCCCC(=O)OC(COCCCCCCCCCCCCCCCCCCCCCCCCCC)COC1OC(CO)C(O)C(OS(=O)(=O)O)C1O. The number of aliphatic hydroxyl groups excluding tert-OH is 3. The number of aliphatic hydroxyl groups is 3. The lowest BCUT2D eigenvalue weighted by molar-refractivity contribution is -0.301. The molecule has 0 aromatic rings. The van der Waals surface area contributed by atoms with Gasteiger partial charge < -0.3 is 34.3 Å². The first kappa shape index (κ1) is 66.9. The normalized spacial score (nSPS) is 19.1. The Morgan fingerprint density at radius 1 is 0.529 bits per heavy atom. The van der Waals surface area contributed by atoms with Crippen molar-refractivity contribution in [2.24, 2.45) is 0 Å². The van der Waals surface area contributed by atoms with E-state index in [0.29, 0.717) is 13.0 Å². The number of allylic oxidation sites excluding steroid dienone is 2. The van der Waals surface area contributed by atoms with Gasteiger partial charge in [0.1, 0.15) is 30.5 Å². The van der Waals surface area contributed by atoms with Crippen molar-refractivity contribution >= 4 is 16.4 Å². The highest BCUT2D eigenvalue weighted by Gasteiger charge is 2.48. The maximum absolute atomic E-state index is 12.9. The van der Waals surface area contributed by atoms with Gasteiger partial charge in [-0.15, -0.1) is 0 Å². The number of esters is 1. The van der Waals surface area contributed by atoms with E-state index in [2.05, 4.69) is 30.2 Å². The molecule has 1 aliphatic rings. The van der Waals surface area contributed by atoms with Gasteiger partial charge in [-0.1, -0.05) is 251 Å². The Kier molecular flexibility index (Phi) is 46.6. The molecule has 1 aliphatic heterocycles. The first-order valence-corrected chi connectivity index (χ1v) is 30.8. The summed E-state index contributed by atoms with van der Waals surface area (Å²) in [5, 5.41) is 30.8. The number of carbonyl (C=O) groups excluding carboxylic acids is 1. The summed E-state index contributed by atoms with van der Waals surface area (Å²) in [7, 11) is -5.06. The summed E-state index contributed by atoms with van der Waals surface area (Å²) in [6.07, 6.45) is 48.2. The molecule has 13 heteroatoms. The average Bonchev–Trinajstić information content (AvgIpc) is 3.34. The van der Waals surface area contributed by atoms with E-state index in [0.717, 1.165) is 38.5 Å². The largest absolute Gasteiger partial charge is 0.457 e. The molecule has 0 radical (unpaired) electrons. The molecular weight excluding hydrogens is 909 g/mol. The molecule has 1 saturated heterocycles. The molecule has 1 heterocycles. The third-order valence-corrected chi connectivity index (χ3v) is 14.4. The number of rotatable bonds is 53. The van der Waals surface area contributed by atoms with E-state index in [-0.39, 0.29) is 19.6 Å². The average molecular weight is 1020 g/mol. The topological polar surface area (TPSA) is 178 Å². The fourth-order valence-corrected chi connectivity index (χ4v) is 9.94. The van der Waals surface area contributed by atoms with Crippen LogP contribution < -0.4 is 0 Å². The van der Waals surface area contributed by atoms with E-state index in [1.54, 1.807) is 0 Å². The predicted octanol–water partition coefficient (Wildman–Crippen LogP) is 14.5. The minimum absolute atomic E-state index is 0.0421. The van der Waals surface area contributed by atoms with Crippen molar-refractivity contribution in [2.45, 2.75) is 320 Å². The van der Waals surface area contributed by atoms with E-state index < -0.39 is 59.8 Å². The summed E-state index contributed by atoms with van der Waals surface area (Å²) >= 11 is 0. The second-order valence-corrected chi connectivity index (χ2v) is 21.6. The second-order valence-electron chi connectivity index (χ2n) is 20.6. The molecule has 0 amide bonds. The maximum Gasteiger partial charge on any atom is 0.397 e. The molecule has 12 nitrogen and oxygen atoms in total. The predicted molar refractivity (Wildman–Crippen MR) is 285 cm³/mol. The summed E-state index contributed by atoms with van der Waals surface area (Å²) in [6, 6.07) is 0. The molecule has 0 bridgehead atoms. The minimum Gasteiger partial charge on any atom is -0.457 e. The van der Waals surface area contributed by atoms with Gasteiger partial charge in [0.15, 0.2) is 6.29 Å². The van der Waals surface area contributed by atoms with E-state index in [9.17, 15) is 33.1 Å². The lowest BCUT2D eigenvalue weighted by Crippen LogP contribution is -2.60. The molecule has 0 aliphatic carbocycles. The summed E-state index contributed by atoms with van der Waals surface area (Å²) in [5.74, 6) is -0.394. The highest BCUT2D eigenvalue weighted by Crippen LogP contribution is 2.26. The molecule has 0 aromatic carbocycles. The van der Waals surface area contributed by atoms with Gasteiger partial charge in [0.25, 0.3) is 0 Å². The first-order valence-electron chi connectivity index (χ1n) is 29.4. The number of unbranched alkanes of at least 4 members (excludes halogenated alkanes) is 38. The van der Waals surface area contributed by atoms with Gasteiger partial charge >= 0.3 is 16.4 Å². The van der Waals surface area contributed by atoms with Crippen molar-refractivity contribution in [2.75, 3.05) is 26.4 Å². The Morgan fingerprint density at radius 3 is 1.29 bits per heavy atom. The molecule has 0 aromatic heterocycles. The van der Waals surface area contributed by atoms with Crippen LogP contribution in [0.4, 0.5) is 0 Å². The Labute approximate surface area is 429 Å². The van der Waals surface area contributed by atoms with Crippen molar-refractivity contribution in [3.05, 3.63) is 12.2 Å². The van der Waals surface area contributed by atoms with Gasteiger partial charge in [-0.25, -0.2) is 4.18 Å². The number of carbonyl (C=O) groups is 1. The van der Waals surface area contributed by atoms with Crippen molar-refractivity contribution in [1.29, 1.82) is 0 Å². The number of hydrogen-bond acceptors (Lipinski definition) is 11. The molecule has 70 heavy (non-hydrogen) atoms. The van der Waals surface area contributed by atoms with Crippen LogP contribution in [-0.4, -0.2) is 97.5 Å². The van der Waals surface area contributed by atoms with Crippen LogP contribution >= 0.6 is 0 Å². The van der Waals surface area contributed by atoms with E-state index in [4.69, 9.17) is 18.9 Å². The highest BCUT2D eigenvalue weighted by atomic mass is 32.3. The Hall–Kier alpha value is -1.16. The van der Waals surface area contributed by atoms with Gasteiger partial charge in [0, 0.05) is 13.0 Å². The van der Waals surface area contributed by atoms with Gasteiger partial charge in [0.2, 0.25) is 0 Å². The monoisotopic (exact) mass is 1020 g/mol. The van der Waals surface area contributed by atoms with Crippen LogP contribution in [0.3, 0.4) is 0 Å². The highest BCUT2D eigenvalue weighted by molar-refractivity contribution is 7.80. The third kappa shape index (κ3) is 41.2. The standard InChI is InChI=1S/C57H110O12S/c1-3-5-7-9-11-13-15-17-19-21-23-24-25-26-27-29-31-33-35-37-39-41-43-45-47-65-49-51(50-66-57-55(61)56(69-70(62,63)64)54(60)52(48-58)68-57)67-53(59)46-44-42-40-38-36-34-32-30-28-22-20-18-16-14-12-10-8-6-4-2/h18,20,51-52,54-58,60-61H,3-17,19,21-50H2,1-2H3,(H,62,63,64)/b20-18-. The number of ether oxygens (including phenoxy) is 4. The van der Waals surface area contributed by atoms with Gasteiger partial charge in [-0.2, -0.15) is 8.42 Å². The summed E-state index contributed by atoms with van der Waals surface area (Å²) in [6.45, 7) is 4.06. The van der Waals surface area contributed by atoms with Crippen molar-refractivity contribution < 1.29 is 56.2 Å². The first-order chi connectivity index (χ1) is 34.1. The van der Waals surface area contributed by atoms with E-state index in [1.807, 2.05) is 0 Å². The Bertz CT molecular complexity index is 1270. The van der Waals surface area contributed by atoms with Crippen LogP contribution in [-0.2, 0) is 38.3 Å². The summed E-state index contributed by atoms with van der Waals surface area (Å²) in [4.78, 5) is 12.9. The quantitative estimate of drug-likeness (QED) is 0.0196. The molecule has 1 rings (SSSR count). The van der Waals surface area contributed by atoms with Gasteiger partial charge in [0.05, 0.1) is 19.8 Å². The lowest BCUT2D eigenvalue weighted by Gasteiger charge is -2.41. The minimum atomic E-state index is -5.06. The van der Waals surface area contributed by atoms with Gasteiger partial charge in [-0.3, -0.25) is 9.35 Å². The van der Waals surface area contributed by atoms with E-state index in [1.165, 1.54) is 218 Å². The van der Waals surface area contributed by atoms with Crippen LogP contribution in [0.2, 0.25) is 0 Å². The summed E-state index contributed by atoms with van der Waals surface area (Å²) in [5.41, 5.74) is 0. The number of hydrogen-bond donors (Lipinski definition) is 4. The fourth-order valence-electron chi connectivity index (χ4n) is 9.44. The third-order valence-electron chi connectivity index (χ3n) is 13.9. The molecule has 6 atom stereocenters. The summed E-state index contributed by atoms with van der Waals surface area (Å²) < 4.78 is 59.4. The van der Waals surface area contributed by atoms with Crippen LogP contribution in [0, 0.1) is 0 Å². The molecular formula is C57H110O12S. The second kappa shape index (κ2) is 48.8. The maximum atomic E-state index is 12.9. The zero-order valence-electron chi connectivity index (χ0n) is 45.1. The smallest absolute Gasteiger partial charge is 0.397 e. The van der Waals surface area contributed by atoms with Crippen LogP contribution in [0.15, 0.2) is 12.2 Å². The van der Waals surface area contributed by atoms with Crippen molar-refractivity contribution in [1.82, 2.24) is 0 Å². The fraction of sp³-hybridized carbons (Fsp3) is 0.947. The molecule has 6 unspecified atom stereocenters. The van der Waals surface area contributed by atoms with Crippen molar-refractivity contribution in [3.8, 4) is 0 Å². The zero-order valence-corrected chi connectivity index (χ0v) is 45.9. The molecule has 416 valence electrons. The van der Waals surface area contributed by atoms with Crippen molar-refractivity contribution in [3.63, 3.8) is 0 Å². The molecule has 4 N–H and O–H groups in total.